The molecule has 4 rings (SSSR count). The third-order valence-corrected chi connectivity index (χ3v) is 5.83. The monoisotopic (exact) mass is 460 g/mol. The number of aryl methyl sites for hydroxylation is 1. The van der Waals surface area contributed by atoms with Crippen molar-refractivity contribution in [2.75, 3.05) is 11.9 Å². The van der Waals surface area contributed by atoms with E-state index in [1.54, 1.807) is 0 Å². The van der Waals surface area contributed by atoms with Crippen LogP contribution in [-0.4, -0.2) is 39.5 Å². The third kappa shape index (κ3) is 5.51. The van der Waals surface area contributed by atoms with Crippen LogP contribution in [0, 0.1) is 0 Å². The molecule has 0 fully saturated rings. The second kappa shape index (κ2) is 10.8. The smallest absolute Gasteiger partial charge is 0.326 e. The molecule has 0 radical (unpaired) electrons. The molecule has 3 heterocycles. The van der Waals surface area contributed by atoms with E-state index in [1.807, 2.05) is 37.3 Å². The van der Waals surface area contributed by atoms with Gasteiger partial charge in [0.1, 0.15) is 23.7 Å². The number of fused-ring (bicyclic) bond motifs is 1. The molecule has 8 heteroatoms. The Morgan fingerprint density at radius 2 is 1.94 bits per heavy atom. The topological polar surface area (TPSA) is 113 Å². The van der Waals surface area contributed by atoms with E-state index in [2.05, 4.69) is 21.7 Å². The molecule has 8 nitrogen and oxygen atoms in total. The number of amides is 1. The van der Waals surface area contributed by atoms with Crippen LogP contribution in [0.15, 0.2) is 60.9 Å². The molecule has 176 valence electrons. The number of aliphatic carboxylic acids is 1. The minimum atomic E-state index is -1.12. The Balaban J connectivity index is 1.52. The minimum Gasteiger partial charge on any atom is -0.484 e. The highest BCUT2D eigenvalue weighted by Gasteiger charge is 2.24. The lowest BCUT2D eigenvalue weighted by atomic mass is 10.0. The van der Waals surface area contributed by atoms with Crippen LogP contribution in [0.5, 0.6) is 5.75 Å². The van der Waals surface area contributed by atoms with Gasteiger partial charge in [0.05, 0.1) is 5.69 Å². The lowest BCUT2D eigenvalue weighted by molar-refractivity contribution is -0.139. The number of hydrogen-bond acceptors (Lipinski definition) is 6. The normalized spacial score (nSPS) is 14.3. The van der Waals surface area contributed by atoms with E-state index in [-0.39, 0.29) is 12.5 Å². The standard InChI is InChI=1S/C26H28N4O4/c1-2-22(20-10-9-17-7-5-13-28-24(17)29-20)34-23-8-4-3-6-19(23)16-21(26(32)33)30-25(31)18-11-14-27-15-12-18/h3-4,6,8-12,14-15,21-22H,2,5,7,13,16H2,1H3,(H,28,29)(H,30,31)(H,32,33). The van der Waals surface area contributed by atoms with Crippen molar-refractivity contribution < 1.29 is 19.4 Å². The quantitative estimate of drug-likeness (QED) is 0.445. The Labute approximate surface area is 198 Å². The first-order chi connectivity index (χ1) is 16.5. The van der Waals surface area contributed by atoms with Crippen LogP contribution in [0.25, 0.3) is 0 Å². The van der Waals surface area contributed by atoms with Gasteiger partial charge in [-0.15, -0.1) is 0 Å². The van der Waals surface area contributed by atoms with Gasteiger partial charge in [-0.1, -0.05) is 31.2 Å². The highest BCUT2D eigenvalue weighted by atomic mass is 16.5. The zero-order chi connectivity index (χ0) is 23.9. The van der Waals surface area contributed by atoms with Gasteiger partial charge in [0.25, 0.3) is 5.91 Å². The summed E-state index contributed by atoms with van der Waals surface area (Å²) in [5, 5.41) is 15.7. The number of carboxylic acid groups (broad SMARTS) is 1. The van der Waals surface area contributed by atoms with Gasteiger partial charge >= 0.3 is 5.97 Å². The molecule has 2 unspecified atom stereocenters. The van der Waals surface area contributed by atoms with Gasteiger partial charge in [-0.3, -0.25) is 9.78 Å². The predicted molar refractivity (Wildman–Crippen MR) is 128 cm³/mol. The second-order valence-electron chi connectivity index (χ2n) is 8.20. The number of carboxylic acids is 1. The van der Waals surface area contributed by atoms with Crippen molar-refractivity contribution in [2.45, 2.75) is 44.8 Å². The summed E-state index contributed by atoms with van der Waals surface area (Å²) in [6.07, 6.45) is 5.57. The van der Waals surface area contributed by atoms with Crippen molar-refractivity contribution in [3.63, 3.8) is 0 Å². The molecule has 2 atom stereocenters. The fraction of sp³-hybridized carbons (Fsp3) is 0.308. The first-order valence-electron chi connectivity index (χ1n) is 11.5. The zero-order valence-corrected chi connectivity index (χ0v) is 19.0. The molecule has 1 aromatic carbocycles. The van der Waals surface area contributed by atoms with Gasteiger partial charge in [0, 0.05) is 30.9 Å². The molecule has 34 heavy (non-hydrogen) atoms. The van der Waals surface area contributed by atoms with Gasteiger partial charge in [-0.05, 0) is 54.7 Å². The SMILES string of the molecule is CCC(Oc1ccccc1CC(NC(=O)c1ccncc1)C(=O)O)c1ccc2c(n1)NCCC2. The van der Waals surface area contributed by atoms with Crippen molar-refractivity contribution in [1.82, 2.24) is 15.3 Å². The Kier molecular flexibility index (Phi) is 7.37. The molecule has 3 N–H and O–H groups in total. The summed E-state index contributed by atoms with van der Waals surface area (Å²) in [6.45, 7) is 2.93. The highest BCUT2D eigenvalue weighted by molar-refractivity contribution is 5.96. The molecule has 1 aliphatic heterocycles. The maximum Gasteiger partial charge on any atom is 0.326 e. The molecule has 2 aromatic heterocycles. The molecule has 1 amide bonds. The number of hydrogen-bond donors (Lipinski definition) is 3. The lowest BCUT2D eigenvalue weighted by Gasteiger charge is -2.23. The van der Waals surface area contributed by atoms with Gasteiger partial charge in [-0.25, -0.2) is 9.78 Å². The van der Waals surface area contributed by atoms with Crippen LogP contribution in [-0.2, 0) is 17.6 Å². The fourth-order valence-electron chi connectivity index (χ4n) is 3.98. The number of rotatable bonds is 9. The Bertz CT molecular complexity index is 1150. The lowest BCUT2D eigenvalue weighted by Crippen LogP contribution is -2.42. The summed E-state index contributed by atoms with van der Waals surface area (Å²) in [6, 6.07) is 13.4. The minimum absolute atomic E-state index is 0.0813. The Hall–Kier alpha value is -3.94. The number of pyridine rings is 2. The van der Waals surface area contributed by atoms with Gasteiger partial charge in [0.15, 0.2) is 0 Å². The van der Waals surface area contributed by atoms with Crippen LogP contribution >= 0.6 is 0 Å². The summed E-state index contributed by atoms with van der Waals surface area (Å²) >= 11 is 0. The molecule has 3 aromatic rings. The summed E-state index contributed by atoms with van der Waals surface area (Å²) in [4.78, 5) is 33.1. The number of carbonyl (C=O) groups excluding carboxylic acids is 1. The van der Waals surface area contributed by atoms with E-state index in [9.17, 15) is 14.7 Å². The maximum absolute atomic E-state index is 12.5. The molecule has 0 aliphatic carbocycles. The van der Waals surface area contributed by atoms with E-state index < -0.39 is 17.9 Å². The summed E-state index contributed by atoms with van der Waals surface area (Å²) < 4.78 is 6.34. The molecule has 0 bridgehead atoms. The van der Waals surface area contributed by atoms with E-state index in [0.29, 0.717) is 23.3 Å². The summed E-state index contributed by atoms with van der Waals surface area (Å²) in [5.41, 5.74) is 3.08. The van der Waals surface area contributed by atoms with Crippen LogP contribution in [0.2, 0.25) is 0 Å². The third-order valence-electron chi connectivity index (χ3n) is 5.83. The molecule has 1 aliphatic rings. The van der Waals surface area contributed by atoms with Crippen molar-refractivity contribution in [2.24, 2.45) is 0 Å². The zero-order valence-electron chi connectivity index (χ0n) is 19.0. The molecular formula is C26H28N4O4. The van der Waals surface area contributed by atoms with E-state index in [1.165, 1.54) is 30.1 Å². The van der Waals surface area contributed by atoms with E-state index >= 15 is 0 Å². The molecular weight excluding hydrogens is 432 g/mol. The molecule has 0 saturated heterocycles. The number of nitrogens with zero attached hydrogens (tertiary/aromatic N) is 2. The highest BCUT2D eigenvalue weighted by Crippen LogP contribution is 2.30. The number of benzene rings is 1. The average Bonchev–Trinajstić information content (AvgIpc) is 2.87. The average molecular weight is 461 g/mol. The van der Waals surface area contributed by atoms with Crippen molar-refractivity contribution in [1.29, 1.82) is 0 Å². The Morgan fingerprint density at radius 3 is 2.71 bits per heavy atom. The number of carbonyl (C=O) groups is 2. The first-order valence-corrected chi connectivity index (χ1v) is 11.5. The Morgan fingerprint density at radius 1 is 1.15 bits per heavy atom. The predicted octanol–water partition coefficient (Wildman–Crippen LogP) is 3.79. The summed E-state index contributed by atoms with van der Waals surface area (Å²) in [5.74, 6) is -0.104. The number of anilines is 1. The van der Waals surface area contributed by atoms with Crippen LogP contribution < -0.4 is 15.4 Å². The first kappa shape index (κ1) is 23.2. The second-order valence-corrected chi connectivity index (χ2v) is 8.20. The largest absolute Gasteiger partial charge is 0.484 e. The van der Waals surface area contributed by atoms with Gasteiger partial charge < -0.3 is 20.5 Å². The number of ether oxygens (including phenoxy) is 1. The molecule has 0 saturated carbocycles. The molecule has 0 spiro atoms. The van der Waals surface area contributed by atoms with E-state index in [4.69, 9.17) is 9.72 Å². The van der Waals surface area contributed by atoms with Crippen LogP contribution in [0.3, 0.4) is 0 Å². The number of nitrogens with one attached hydrogen (secondary N) is 2. The van der Waals surface area contributed by atoms with Gasteiger partial charge in [-0.2, -0.15) is 0 Å². The fourth-order valence-corrected chi connectivity index (χ4v) is 3.98. The van der Waals surface area contributed by atoms with E-state index in [0.717, 1.165) is 30.9 Å². The van der Waals surface area contributed by atoms with Gasteiger partial charge in [0.2, 0.25) is 0 Å². The number of aromatic nitrogens is 2. The van der Waals surface area contributed by atoms with Crippen LogP contribution in [0.4, 0.5) is 5.82 Å². The maximum atomic E-state index is 12.5. The van der Waals surface area contributed by atoms with Crippen molar-refractivity contribution in [3.8, 4) is 5.75 Å². The number of para-hydroxylation sites is 1. The van der Waals surface area contributed by atoms with Crippen molar-refractivity contribution >= 4 is 17.7 Å². The van der Waals surface area contributed by atoms with Crippen molar-refractivity contribution in [3.05, 3.63) is 83.3 Å². The summed E-state index contributed by atoms with van der Waals surface area (Å²) in [7, 11) is 0. The van der Waals surface area contributed by atoms with Crippen LogP contribution in [0.1, 0.15) is 53.0 Å².